The first-order chi connectivity index (χ1) is 18.1. The molecule has 0 saturated heterocycles. The van der Waals surface area contributed by atoms with Gasteiger partial charge in [-0.2, -0.15) is 4.31 Å². The summed E-state index contributed by atoms with van der Waals surface area (Å²) < 4.78 is 32.6. The number of nitrogens with one attached hydrogen (secondary N) is 1. The molecule has 0 aliphatic rings. The lowest BCUT2D eigenvalue weighted by Crippen LogP contribution is -2.53. The van der Waals surface area contributed by atoms with Gasteiger partial charge in [-0.05, 0) is 54.4 Å². The van der Waals surface area contributed by atoms with Crippen LogP contribution in [0.15, 0.2) is 83.8 Å². The van der Waals surface area contributed by atoms with Crippen LogP contribution in [-0.4, -0.2) is 62.7 Å². The zero-order chi connectivity index (χ0) is 27.7. The SMILES string of the molecule is CCNC(=O)[C@@H](Cc1ccccc1)N(Cc1cccc(OC)c1)C(=O)CN(C)S(=O)(=O)c1ccc(Cl)cc1. The van der Waals surface area contributed by atoms with Gasteiger partial charge in [-0.25, -0.2) is 8.42 Å². The molecule has 2 amide bonds. The van der Waals surface area contributed by atoms with Gasteiger partial charge in [0.25, 0.3) is 0 Å². The van der Waals surface area contributed by atoms with Crippen molar-refractivity contribution in [1.29, 1.82) is 0 Å². The van der Waals surface area contributed by atoms with Gasteiger partial charge in [0.2, 0.25) is 21.8 Å². The summed E-state index contributed by atoms with van der Waals surface area (Å²) in [6.07, 6.45) is 0.260. The standard InChI is InChI=1S/C28H32ClN3O5S/c1-4-30-28(34)26(18-21-9-6-5-7-10-21)32(19-22-11-8-12-24(17-22)37-3)27(33)20-31(2)38(35,36)25-15-13-23(29)14-16-25/h5-17,26H,4,18-20H2,1-3H3,(H,30,34)/t26-/m1/s1. The lowest BCUT2D eigenvalue weighted by molar-refractivity contribution is -0.141. The summed E-state index contributed by atoms with van der Waals surface area (Å²) >= 11 is 5.91. The number of carbonyl (C=O) groups is 2. The number of benzene rings is 3. The molecular formula is C28H32ClN3O5S. The monoisotopic (exact) mass is 557 g/mol. The first kappa shape index (κ1) is 29.2. The van der Waals surface area contributed by atoms with Gasteiger partial charge in [-0.3, -0.25) is 9.59 Å². The number of sulfonamides is 1. The number of hydrogen-bond acceptors (Lipinski definition) is 5. The van der Waals surface area contributed by atoms with E-state index in [1.165, 1.54) is 36.2 Å². The minimum atomic E-state index is -3.98. The molecule has 0 aliphatic heterocycles. The van der Waals surface area contributed by atoms with E-state index in [4.69, 9.17) is 16.3 Å². The average molecular weight is 558 g/mol. The Morgan fingerprint density at radius 3 is 2.26 bits per heavy atom. The minimum Gasteiger partial charge on any atom is -0.497 e. The van der Waals surface area contributed by atoms with Gasteiger partial charge < -0.3 is 15.0 Å². The fraction of sp³-hybridized carbons (Fsp3) is 0.286. The van der Waals surface area contributed by atoms with Gasteiger partial charge in [0.1, 0.15) is 11.8 Å². The summed E-state index contributed by atoms with van der Waals surface area (Å²) in [5.74, 6) is -0.231. The maximum Gasteiger partial charge on any atom is 0.243 e. The van der Waals surface area contributed by atoms with E-state index in [0.717, 1.165) is 15.4 Å². The Kier molecular flexibility index (Phi) is 10.3. The molecule has 1 atom stereocenters. The fourth-order valence-electron chi connectivity index (χ4n) is 3.97. The molecule has 0 radical (unpaired) electrons. The molecule has 0 aromatic heterocycles. The second-order valence-electron chi connectivity index (χ2n) is 8.69. The van der Waals surface area contributed by atoms with Crippen LogP contribution in [0.2, 0.25) is 5.02 Å². The Morgan fingerprint density at radius 2 is 1.63 bits per heavy atom. The molecule has 1 N–H and O–H groups in total. The lowest BCUT2D eigenvalue weighted by atomic mass is 10.0. The molecule has 0 saturated carbocycles. The molecule has 0 fully saturated rings. The molecular weight excluding hydrogens is 526 g/mol. The summed E-state index contributed by atoms with van der Waals surface area (Å²) in [5, 5.41) is 3.22. The van der Waals surface area contributed by atoms with Crippen molar-refractivity contribution in [2.75, 3.05) is 27.2 Å². The third kappa shape index (κ3) is 7.56. The first-order valence-electron chi connectivity index (χ1n) is 12.1. The highest BCUT2D eigenvalue weighted by molar-refractivity contribution is 7.89. The number of amides is 2. The molecule has 3 aromatic rings. The molecule has 3 aromatic carbocycles. The second kappa shape index (κ2) is 13.4. The highest BCUT2D eigenvalue weighted by Gasteiger charge is 2.33. The van der Waals surface area contributed by atoms with Gasteiger partial charge in [-0.15, -0.1) is 0 Å². The number of ether oxygens (including phenoxy) is 1. The number of rotatable bonds is 12. The third-order valence-electron chi connectivity index (χ3n) is 5.99. The minimum absolute atomic E-state index is 0.0149. The number of likely N-dealkylation sites (N-methyl/N-ethyl adjacent to an activating group) is 2. The van der Waals surface area contributed by atoms with Crippen molar-refractivity contribution < 1.29 is 22.7 Å². The normalized spacial score (nSPS) is 12.1. The molecule has 0 aliphatic carbocycles. The van der Waals surface area contributed by atoms with Crippen LogP contribution in [0, 0.1) is 0 Å². The Hall–Kier alpha value is -3.40. The van der Waals surface area contributed by atoms with E-state index in [1.54, 1.807) is 32.2 Å². The predicted octanol–water partition coefficient (Wildman–Crippen LogP) is 3.75. The highest BCUT2D eigenvalue weighted by Crippen LogP contribution is 2.21. The lowest BCUT2D eigenvalue weighted by Gasteiger charge is -2.32. The Labute approximate surface area is 229 Å². The van der Waals surface area contributed by atoms with Crippen LogP contribution >= 0.6 is 11.6 Å². The van der Waals surface area contributed by atoms with Crippen molar-refractivity contribution in [3.05, 3.63) is 95.0 Å². The van der Waals surface area contributed by atoms with Crippen LogP contribution < -0.4 is 10.1 Å². The Balaban J connectivity index is 1.96. The number of carbonyl (C=O) groups excluding carboxylic acids is 2. The van der Waals surface area contributed by atoms with E-state index in [-0.39, 0.29) is 23.8 Å². The molecule has 0 heterocycles. The highest BCUT2D eigenvalue weighted by atomic mass is 35.5. The van der Waals surface area contributed by atoms with Crippen LogP contribution in [-0.2, 0) is 32.6 Å². The third-order valence-corrected chi connectivity index (χ3v) is 8.06. The molecule has 202 valence electrons. The van der Waals surface area contributed by atoms with Gasteiger partial charge in [0.05, 0.1) is 18.6 Å². The summed E-state index contributed by atoms with van der Waals surface area (Å²) in [6.45, 7) is 1.81. The van der Waals surface area contributed by atoms with Crippen LogP contribution in [0.4, 0.5) is 0 Å². The van der Waals surface area contributed by atoms with Gasteiger partial charge in [-0.1, -0.05) is 54.1 Å². The van der Waals surface area contributed by atoms with Crippen LogP contribution in [0.5, 0.6) is 5.75 Å². The van der Waals surface area contributed by atoms with Crippen molar-refractivity contribution in [2.24, 2.45) is 0 Å². The maximum atomic E-state index is 13.8. The van der Waals surface area contributed by atoms with E-state index in [9.17, 15) is 18.0 Å². The van der Waals surface area contributed by atoms with Crippen molar-refractivity contribution in [3.8, 4) is 5.75 Å². The zero-order valence-corrected chi connectivity index (χ0v) is 23.2. The smallest absolute Gasteiger partial charge is 0.243 e. The van der Waals surface area contributed by atoms with Gasteiger partial charge >= 0.3 is 0 Å². The summed E-state index contributed by atoms with van der Waals surface area (Å²) in [5.41, 5.74) is 1.61. The number of hydrogen-bond donors (Lipinski definition) is 1. The van der Waals surface area contributed by atoms with Crippen molar-refractivity contribution in [2.45, 2.75) is 30.8 Å². The van der Waals surface area contributed by atoms with Crippen LogP contribution in [0.3, 0.4) is 0 Å². The number of nitrogens with zero attached hydrogens (tertiary/aromatic N) is 2. The molecule has 3 rings (SSSR count). The first-order valence-corrected chi connectivity index (χ1v) is 13.9. The van der Waals surface area contributed by atoms with Crippen molar-refractivity contribution in [3.63, 3.8) is 0 Å². The summed E-state index contributed by atoms with van der Waals surface area (Å²) in [4.78, 5) is 28.5. The topological polar surface area (TPSA) is 96.0 Å². The van der Waals surface area contributed by atoms with Crippen molar-refractivity contribution >= 4 is 33.4 Å². The Bertz CT molecular complexity index is 1330. The van der Waals surface area contributed by atoms with Gasteiger partial charge in [0, 0.05) is 31.6 Å². The molecule has 0 spiro atoms. The fourth-order valence-corrected chi connectivity index (χ4v) is 5.21. The van der Waals surface area contributed by atoms with E-state index in [0.29, 0.717) is 17.3 Å². The number of halogens is 1. The van der Waals surface area contributed by atoms with Crippen molar-refractivity contribution in [1.82, 2.24) is 14.5 Å². The van der Waals surface area contributed by atoms with Gasteiger partial charge in [0.15, 0.2) is 0 Å². The molecule has 8 nitrogen and oxygen atoms in total. The number of methoxy groups -OCH3 is 1. The molecule has 0 bridgehead atoms. The van der Waals surface area contributed by atoms with E-state index in [1.807, 2.05) is 36.4 Å². The average Bonchev–Trinajstić information content (AvgIpc) is 2.91. The molecule has 0 unspecified atom stereocenters. The largest absolute Gasteiger partial charge is 0.497 e. The van der Waals surface area contributed by atoms with E-state index in [2.05, 4.69) is 5.32 Å². The maximum absolute atomic E-state index is 13.8. The van der Waals surface area contributed by atoms with Crippen LogP contribution in [0.1, 0.15) is 18.1 Å². The summed E-state index contributed by atoms with van der Waals surface area (Å²) in [6, 6.07) is 21.4. The quantitative estimate of drug-likeness (QED) is 0.366. The van der Waals surface area contributed by atoms with Crippen LogP contribution in [0.25, 0.3) is 0 Å². The molecule has 10 heteroatoms. The zero-order valence-electron chi connectivity index (χ0n) is 21.6. The predicted molar refractivity (Wildman–Crippen MR) is 147 cm³/mol. The van der Waals surface area contributed by atoms with E-state index >= 15 is 0 Å². The summed E-state index contributed by atoms with van der Waals surface area (Å²) in [7, 11) is -1.09. The molecule has 38 heavy (non-hydrogen) atoms. The Morgan fingerprint density at radius 1 is 0.974 bits per heavy atom. The van der Waals surface area contributed by atoms with E-state index < -0.39 is 28.5 Å². The second-order valence-corrected chi connectivity index (χ2v) is 11.2.